The highest BCUT2D eigenvalue weighted by molar-refractivity contribution is 5.95. The van der Waals surface area contributed by atoms with Gasteiger partial charge in [-0.15, -0.1) is 0 Å². The lowest BCUT2D eigenvalue weighted by Gasteiger charge is -2.35. The summed E-state index contributed by atoms with van der Waals surface area (Å²) in [4.78, 5) is 12.1. The molecule has 1 aromatic rings. The third-order valence-corrected chi connectivity index (χ3v) is 4.01. The third-order valence-electron chi connectivity index (χ3n) is 4.01. The molecule has 2 atom stereocenters. The Kier molecular flexibility index (Phi) is 4.33. The molecule has 4 heteroatoms. The molecule has 1 fully saturated rings. The highest BCUT2D eigenvalue weighted by Gasteiger charge is 2.32. The summed E-state index contributed by atoms with van der Waals surface area (Å²) in [5.74, 6) is 0.340. The van der Waals surface area contributed by atoms with Crippen LogP contribution < -0.4 is 11.1 Å². The third kappa shape index (κ3) is 3.73. The SMILES string of the molecule is Cc1cc(N)cc(C(=O)NCC2(O)CCCC(C)C2)c1. The summed E-state index contributed by atoms with van der Waals surface area (Å²) in [7, 11) is 0. The molecule has 0 aromatic heterocycles. The van der Waals surface area contributed by atoms with Crippen molar-refractivity contribution in [3.8, 4) is 0 Å². The lowest BCUT2D eigenvalue weighted by atomic mass is 9.79. The summed E-state index contributed by atoms with van der Waals surface area (Å²) >= 11 is 0. The number of anilines is 1. The van der Waals surface area contributed by atoms with Crippen molar-refractivity contribution < 1.29 is 9.90 Å². The monoisotopic (exact) mass is 276 g/mol. The van der Waals surface area contributed by atoms with E-state index in [2.05, 4.69) is 12.2 Å². The Morgan fingerprint density at radius 2 is 2.25 bits per heavy atom. The molecule has 110 valence electrons. The van der Waals surface area contributed by atoms with Gasteiger partial charge < -0.3 is 16.2 Å². The minimum atomic E-state index is -0.761. The highest BCUT2D eigenvalue weighted by Crippen LogP contribution is 2.31. The number of rotatable bonds is 3. The summed E-state index contributed by atoms with van der Waals surface area (Å²) in [6.07, 6.45) is 3.69. The second-order valence-corrected chi connectivity index (χ2v) is 6.24. The van der Waals surface area contributed by atoms with E-state index < -0.39 is 5.60 Å². The van der Waals surface area contributed by atoms with Crippen LogP contribution in [0, 0.1) is 12.8 Å². The standard InChI is InChI=1S/C16H24N2O2/c1-11-4-3-5-16(20,9-11)10-18-15(19)13-6-12(2)7-14(17)8-13/h6-8,11,20H,3-5,9-10,17H2,1-2H3,(H,18,19). The number of nitrogens with one attached hydrogen (secondary N) is 1. The molecule has 4 N–H and O–H groups in total. The Hall–Kier alpha value is -1.55. The molecule has 0 aliphatic heterocycles. The molecular weight excluding hydrogens is 252 g/mol. The maximum atomic E-state index is 12.1. The molecule has 0 saturated heterocycles. The van der Waals surface area contributed by atoms with Gasteiger partial charge >= 0.3 is 0 Å². The largest absolute Gasteiger partial charge is 0.399 e. The molecule has 4 nitrogen and oxygen atoms in total. The van der Waals surface area contributed by atoms with Crippen LogP contribution in [-0.4, -0.2) is 23.2 Å². The van der Waals surface area contributed by atoms with E-state index in [1.165, 1.54) is 0 Å². The van der Waals surface area contributed by atoms with E-state index in [4.69, 9.17) is 5.73 Å². The molecule has 0 heterocycles. The average Bonchev–Trinajstić information content (AvgIpc) is 2.34. The first-order chi connectivity index (χ1) is 9.38. The summed E-state index contributed by atoms with van der Waals surface area (Å²) in [5.41, 5.74) is 7.08. The van der Waals surface area contributed by atoms with Gasteiger partial charge in [0.25, 0.3) is 5.91 Å². The lowest BCUT2D eigenvalue weighted by Crippen LogP contribution is -2.45. The number of aliphatic hydroxyl groups is 1. The zero-order valence-corrected chi connectivity index (χ0v) is 12.3. The topological polar surface area (TPSA) is 75.4 Å². The van der Waals surface area contributed by atoms with Gasteiger partial charge in [0, 0.05) is 17.8 Å². The number of hydrogen-bond acceptors (Lipinski definition) is 3. The maximum absolute atomic E-state index is 12.1. The number of carbonyl (C=O) groups is 1. The lowest BCUT2D eigenvalue weighted by molar-refractivity contribution is -0.0109. The molecule has 0 radical (unpaired) electrons. The van der Waals surface area contributed by atoms with Gasteiger partial charge in [-0.2, -0.15) is 0 Å². The van der Waals surface area contributed by atoms with Crippen molar-refractivity contribution in [1.82, 2.24) is 5.32 Å². The Morgan fingerprint density at radius 3 is 2.90 bits per heavy atom. The van der Waals surface area contributed by atoms with Crippen LogP contribution in [0.2, 0.25) is 0 Å². The molecule has 2 rings (SSSR count). The fourth-order valence-corrected chi connectivity index (χ4v) is 3.08. The van der Waals surface area contributed by atoms with Gasteiger partial charge in [0.05, 0.1) is 5.60 Å². The van der Waals surface area contributed by atoms with E-state index in [0.717, 1.165) is 31.2 Å². The van der Waals surface area contributed by atoms with Gasteiger partial charge in [-0.3, -0.25) is 4.79 Å². The van der Waals surface area contributed by atoms with Crippen molar-refractivity contribution in [3.63, 3.8) is 0 Å². The van der Waals surface area contributed by atoms with E-state index in [1.807, 2.05) is 13.0 Å². The number of nitrogens with two attached hydrogens (primary N) is 1. The van der Waals surface area contributed by atoms with Crippen LogP contribution in [0.1, 0.15) is 48.5 Å². The Balaban J connectivity index is 1.98. The fraction of sp³-hybridized carbons (Fsp3) is 0.562. The summed E-state index contributed by atoms with van der Waals surface area (Å²) < 4.78 is 0. The predicted molar refractivity (Wildman–Crippen MR) is 80.5 cm³/mol. The Morgan fingerprint density at radius 1 is 1.50 bits per heavy atom. The second kappa shape index (κ2) is 5.83. The van der Waals surface area contributed by atoms with Crippen LogP contribution >= 0.6 is 0 Å². The molecule has 20 heavy (non-hydrogen) atoms. The number of benzene rings is 1. The van der Waals surface area contributed by atoms with Crippen LogP contribution in [0.3, 0.4) is 0 Å². The average molecular weight is 276 g/mol. The van der Waals surface area contributed by atoms with Gasteiger partial charge in [-0.05, 0) is 49.4 Å². The predicted octanol–water partition coefficient (Wildman–Crippen LogP) is 2.25. The van der Waals surface area contributed by atoms with Crippen LogP contribution in [-0.2, 0) is 0 Å². The number of nitrogen functional groups attached to an aromatic ring is 1. The van der Waals surface area contributed by atoms with E-state index in [1.54, 1.807) is 12.1 Å². The number of amides is 1. The molecule has 1 aromatic carbocycles. The molecule has 1 saturated carbocycles. The zero-order valence-electron chi connectivity index (χ0n) is 12.3. The number of carbonyl (C=O) groups excluding carboxylic acids is 1. The molecule has 0 spiro atoms. The number of aryl methyl sites for hydroxylation is 1. The van der Waals surface area contributed by atoms with Crippen LogP contribution in [0.5, 0.6) is 0 Å². The summed E-state index contributed by atoms with van der Waals surface area (Å²) in [6, 6.07) is 5.29. The van der Waals surface area contributed by atoms with Crippen molar-refractivity contribution in [2.24, 2.45) is 5.92 Å². The van der Waals surface area contributed by atoms with Crippen LogP contribution in [0.25, 0.3) is 0 Å². The van der Waals surface area contributed by atoms with Crippen molar-refractivity contribution >= 4 is 11.6 Å². The first-order valence-corrected chi connectivity index (χ1v) is 7.26. The van der Waals surface area contributed by atoms with Gasteiger partial charge in [0.2, 0.25) is 0 Å². The minimum Gasteiger partial charge on any atom is -0.399 e. The van der Waals surface area contributed by atoms with Crippen LogP contribution in [0.15, 0.2) is 18.2 Å². The second-order valence-electron chi connectivity index (χ2n) is 6.24. The molecule has 2 unspecified atom stereocenters. The normalized spacial score (nSPS) is 26.2. The van der Waals surface area contributed by atoms with E-state index in [0.29, 0.717) is 23.7 Å². The van der Waals surface area contributed by atoms with Gasteiger partial charge in [-0.25, -0.2) is 0 Å². The smallest absolute Gasteiger partial charge is 0.251 e. The van der Waals surface area contributed by atoms with Crippen LogP contribution in [0.4, 0.5) is 5.69 Å². The van der Waals surface area contributed by atoms with Crippen molar-refractivity contribution in [2.45, 2.75) is 45.1 Å². The Labute approximate surface area is 120 Å². The fourth-order valence-electron chi connectivity index (χ4n) is 3.08. The summed E-state index contributed by atoms with van der Waals surface area (Å²) in [6.45, 7) is 4.36. The Bertz CT molecular complexity index is 481. The molecule has 1 aliphatic rings. The minimum absolute atomic E-state index is 0.174. The van der Waals surface area contributed by atoms with Crippen molar-refractivity contribution in [2.75, 3.05) is 12.3 Å². The first kappa shape index (κ1) is 14.9. The molecule has 1 aliphatic carbocycles. The van der Waals surface area contributed by atoms with E-state index in [9.17, 15) is 9.90 Å². The number of hydrogen-bond donors (Lipinski definition) is 3. The molecular formula is C16H24N2O2. The van der Waals surface area contributed by atoms with Gasteiger partial charge in [-0.1, -0.05) is 19.8 Å². The quantitative estimate of drug-likeness (QED) is 0.741. The van der Waals surface area contributed by atoms with Crippen molar-refractivity contribution in [3.05, 3.63) is 29.3 Å². The van der Waals surface area contributed by atoms with Gasteiger partial charge in [0.1, 0.15) is 0 Å². The highest BCUT2D eigenvalue weighted by atomic mass is 16.3. The zero-order chi connectivity index (χ0) is 14.8. The van der Waals surface area contributed by atoms with Crippen molar-refractivity contribution in [1.29, 1.82) is 0 Å². The van der Waals surface area contributed by atoms with Gasteiger partial charge in [0.15, 0.2) is 0 Å². The maximum Gasteiger partial charge on any atom is 0.251 e. The van der Waals surface area contributed by atoms with E-state index >= 15 is 0 Å². The summed E-state index contributed by atoms with van der Waals surface area (Å²) in [5, 5.41) is 13.3. The first-order valence-electron chi connectivity index (χ1n) is 7.26. The van der Waals surface area contributed by atoms with E-state index in [-0.39, 0.29) is 5.91 Å². The molecule has 1 amide bonds. The molecule has 0 bridgehead atoms.